The van der Waals surface area contributed by atoms with Crippen molar-refractivity contribution < 1.29 is 9.90 Å². The molecule has 4 N–H and O–H groups in total. The molecule has 1 aliphatic heterocycles. The summed E-state index contributed by atoms with van der Waals surface area (Å²) in [6.45, 7) is 1.46. The van der Waals surface area contributed by atoms with Gasteiger partial charge >= 0.3 is 5.97 Å². The van der Waals surface area contributed by atoms with Crippen molar-refractivity contribution in [2.45, 2.75) is 18.4 Å². The second kappa shape index (κ2) is 2.56. The molecule has 4 heteroatoms. The molecule has 1 fully saturated rings. The van der Waals surface area contributed by atoms with E-state index in [1.165, 1.54) is 0 Å². The molecular weight excluding hydrogens is 132 g/mol. The number of aliphatic carboxylic acids is 1. The molecule has 0 spiro atoms. The molecule has 0 aromatic carbocycles. The van der Waals surface area contributed by atoms with Gasteiger partial charge in [-0.25, -0.2) is 0 Å². The molecule has 0 amide bonds. The topological polar surface area (TPSA) is 75.4 Å². The van der Waals surface area contributed by atoms with E-state index in [4.69, 9.17) is 10.8 Å². The Morgan fingerprint density at radius 1 is 1.80 bits per heavy atom. The maximum Gasteiger partial charge on any atom is 0.305 e. The van der Waals surface area contributed by atoms with Crippen LogP contribution >= 0.6 is 0 Å². The van der Waals surface area contributed by atoms with Crippen LogP contribution in [0.15, 0.2) is 0 Å². The van der Waals surface area contributed by atoms with Crippen LogP contribution in [0.1, 0.15) is 12.8 Å². The molecule has 1 unspecified atom stereocenters. The molecule has 4 nitrogen and oxygen atoms in total. The van der Waals surface area contributed by atoms with Gasteiger partial charge in [-0.15, -0.1) is 0 Å². The van der Waals surface area contributed by atoms with Crippen molar-refractivity contribution in [2.24, 2.45) is 5.73 Å². The van der Waals surface area contributed by atoms with E-state index in [2.05, 4.69) is 5.32 Å². The third kappa shape index (κ3) is 1.68. The molecule has 0 bridgehead atoms. The van der Waals surface area contributed by atoms with Crippen LogP contribution < -0.4 is 11.1 Å². The molecule has 1 rings (SSSR count). The largest absolute Gasteiger partial charge is 0.481 e. The molecule has 1 atom stereocenters. The van der Waals surface area contributed by atoms with E-state index in [1.807, 2.05) is 0 Å². The summed E-state index contributed by atoms with van der Waals surface area (Å²) in [4.78, 5) is 10.3. The summed E-state index contributed by atoms with van der Waals surface area (Å²) in [6.07, 6.45) is 0.833. The third-order valence-corrected chi connectivity index (χ3v) is 1.78. The molecule has 0 radical (unpaired) electrons. The fraction of sp³-hybridized carbons (Fsp3) is 0.833. The van der Waals surface area contributed by atoms with Gasteiger partial charge < -0.3 is 16.2 Å². The second-order valence-corrected chi connectivity index (χ2v) is 2.86. The Morgan fingerprint density at radius 3 is 2.90 bits per heavy atom. The van der Waals surface area contributed by atoms with Crippen LogP contribution in [0.2, 0.25) is 0 Å². The second-order valence-electron chi connectivity index (χ2n) is 2.86. The summed E-state index contributed by atoms with van der Waals surface area (Å²) in [5.74, 6) is -0.814. The van der Waals surface area contributed by atoms with Gasteiger partial charge in [-0.1, -0.05) is 0 Å². The van der Waals surface area contributed by atoms with Crippen LogP contribution in [0.5, 0.6) is 0 Å². The van der Waals surface area contributed by atoms with Crippen LogP contribution in [0, 0.1) is 0 Å². The van der Waals surface area contributed by atoms with Gasteiger partial charge in [-0.2, -0.15) is 0 Å². The SMILES string of the molecule is NC1(CC(=O)O)CCNC1. The number of hydrogen-bond acceptors (Lipinski definition) is 3. The van der Waals surface area contributed by atoms with Crippen molar-refractivity contribution in [1.29, 1.82) is 0 Å². The Hall–Kier alpha value is -0.610. The minimum Gasteiger partial charge on any atom is -0.481 e. The van der Waals surface area contributed by atoms with Crippen molar-refractivity contribution in [3.05, 3.63) is 0 Å². The lowest BCUT2D eigenvalue weighted by Gasteiger charge is -2.19. The molecule has 1 aliphatic rings. The van der Waals surface area contributed by atoms with E-state index in [0.717, 1.165) is 13.0 Å². The predicted molar refractivity (Wildman–Crippen MR) is 36.7 cm³/mol. The van der Waals surface area contributed by atoms with Crippen LogP contribution in [0.25, 0.3) is 0 Å². The Labute approximate surface area is 59.4 Å². The van der Waals surface area contributed by atoms with Gasteiger partial charge in [0, 0.05) is 12.1 Å². The molecular formula is C6H12N2O2. The number of hydrogen-bond donors (Lipinski definition) is 3. The zero-order chi connectivity index (χ0) is 7.61. The van der Waals surface area contributed by atoms with E-state index < -0.39 is 11.5 Å². The summed E-state index contributed by atoms with van der Waals surface area (Å²) in [6, 6.07) is 0. The Balaban J connectivity index is 2.43. The first-order valence-electron chi connectivity index (χ1n) is 3.34. The van der Waals surface area contributed by atoms with Crippen LogP contribution in [0.4, 0.5) is 0 Å². The first-order valence-corrected chi connectivity index (χ1v) is 3.34. The summed E-state index contributed by atoms with van der Waals surface area (Å²) in [5, 5.41) is 11.5. The van der Waals surface area contributed by atoms with E-state index in [-0.39, 0.29) is 6.42 Å². The lowest BCUT2D eigenvalue weighted by molar-refractivity contribution is -0.138. The minimum atomic E-state index is -0.814. The maximum atomic E-state index is 10.3. The fourth-order valence-corrected chi connectivity index (χ4v) is 1.22. The third-order valence-electron chi connectivity index (χ3n) is 1.78. The quantitative estimate of drug-likeness (QED) is 0.472. The molecule has 0 saturated carbocycles. The van der Waals surface area contributed by atoms with Crippen molar-refractivity contribution in [3.8, 4) is 0 Å². The molecule has 0 aromatic rings. The van der Waals surface area contributed by atoms with Crippen molar-refractivity contribution in [3.63, 3.8) is 0 Å². The first kappa shape index (κ1) is 7.50. The molecule has 0 aliphatic carbocycles. The number of nitrogens with two attached hydrogens (primary N) is 1. The number of carbonyl (C=O) groups is 1. The summed E-state index contributed by atoms with van der Waals surface area (Å²) < 4.78 is 0. The van der Waals surface area contributed by atoms with Gasteiger partial charge in [-0.05, 0) is 13.0 Å². The van der Waals surface area contributed by atoms with Gasteiger partial charge in [0.25, 0.3) is 0 Å². The lowest BCUT2D eigenvalue weighted by Crippen LogP contribution is -2.43. The highest BCUT2D eigenvalue weighted by molar-refractivity contribution is 5.68. The standard InChI is InChI=1S/C6H12N2O2/c7-6(3-5(9)10)1-2-8-4-6/h8H,1-4,7H2,(H,9,10). The average Bonchev–Trinajstić information content (AvgIpc) is 2.12. The number of rotatable bonds is 2. The zero-order valence-corrected chi connectivity index (χ0v) is 5.76. The van der Waals surface area contributed by atoms with Crippen molar-refractivity contribution in [1.82, 2.24) is 5.32 Å². The van der Waals surface area contributed by atoms with Crippen molar-refractivity contribution >= 4 is 5.97 Å². The number of nitrogens with one attached hydrogen (secondary N) is 1. The van der Waals surface area contributed by atoms with Crippen LogP contribution in [0.3, 0.4) is 0 Å². The number of carboxylic acids is 1. The zero-order valence-electron chi connectivity index (χ0n) is 5.76. The van der Waals surface area contributed by atoms with Crippen LogP contribution in [-0.4, -0.2) is 29.7 Å². The van der Waals surface area contributed by atoms with E-state index in [1.54, 1.807) is 0 Å². The highest BCUT2D eigenvalue weighted by atomic mass is 16.4. The Bertz CT molecular complexity index is 141. The minimum absolute atomic E-state index is 0.0694. The number of carboxylic acid groups (broad SMARTS) is 1. The lowest BCUT2D eigenvalue weighted by atomic mass is 9.96. The summed E-state index contributed by atoms with van der Waals surface area (Å²) in [5.41, 5.74) is 5.22. The van der Waals surface area contributed by atoms with Gasteiger partial charge in [0.1, 0.15) is 0 Å². The fourth-order valence-electron chi connectivity index (χ4n) is 1.22. The average molecular weight is 144 g/mol. The molecule has 10 heavy (non-hydrogen) atoms. The van der Waals surface area contributed by atoms with Gasteiger partial charge in [0.2, 0.25) is 0 Å². The normalized spacial score (nSPS) is 32.5. The van der Waals surface area contributed by atoms with Crippen molar-refractivity contribution in [2.75, 3.05) is 13.1 Å². The van der Waals surface area contributed by atoms with E-state index in [9.17, 15) is 4.79 Å². The summed E-state index contributed by atoms with van der Waals surface area (Å²) in [7, 11) is 0. The molecule has 1 heterocycles. The Kier molecular flexibility index (Phi) is 1.92. The highest BCUT2D eigenvalue weighted by Crippen LogP contribution is 2.14. The molecule has 0 aromatic heterocycles. The first-order chi connectivity index (χ1) is 4.62. The Morgan fingerprint density at radius 2 is 2.50 bits per heavy atom. The highest BCUT2D eigenvalue weighted by Gasteiger charge is 2.31. The van der Waals surface area contributed by atoms with E-state index in [0.29, 0.717) is 6.54 Å². The van der Waals surface area contributed by atoms with E-state index >= 15 is 0 Å². The van der Waals surface area contributed by atoms with Gasteiger partial charge in [0.05, 0.1) is 6.42 Å². The van der Waals surface area contributed by atoms with Crippen LogP contribution in [-0.2, 0) is 4.79 Å². The van der Waals surface area contributed by atoms with Gasteiger partial charge in [-0.3, -0.25) is 4.79 Å². The molecule has 1 saturated heterocycles. The van der Waals surface area contributed by atoms with Gasteiger partial charge in [0.15, 0.2) is 0 Å². The maximum absolute atomic E-state index is 10.3. The monoisotopic (exact) mass is 144 g/mol. The smallest absolute Gasteiger partial charge is 0.305 e. The molecule has 58 valence electrons. The predicted octanol–water partition coefficient (Wildman–Crippen LogP) is -0.848. The summed E-state index contributed by atoms with van der Waals surface area (Å²) >= 11 is 0.